The van der Waals surface area contributed by atoms with Crippen LogP contribution in [0.25, 0.3) is 0 Å². The Morgan fingerprint density at radius 2 is 0.700 bits per heavy atom. The molecule has 0 aromatic carbocycles. The third kappa shape index (κ3) is 17.6. The minimum absolute atomic E-state index is 0.154. The summed E-state index contributed by atoms with van der Waals surface area (Å²) < 4.78 is 23.7. The normalized spacial score (nSPS) is 11.5. The topological polar surface area (TPSA) is 0 Å². The van der Waals surface area contributed by atoms with Gasteiger partial charge in [0.25, 0.3) is 0 Å². The Hall–Kier alpha value is -0.400. The van der Waals surface area contributed by atoms with E-state index in [0.29, 0.717) is 0 Å². The van der Waals surface area contributed by atoms with Crippen LogP contribution in [0.3, 0.4) is 0 Å². The molecule has 0 unspecified atom stereocenters. The smallest absolute Gasteiger partial charge is 0.0894 e. The molecular weight excluding hydrogens is 254 g/mol. The first-order valence-corrected chi connectivity index (χ1v) is 8.68. The second kappa shape index (κ2) is 18.6. The van der Waals surface area contributed by atoms with Gasteiger partial charge in [-0.05, 0) is 38.5 Å². The Morgan fingerprint density at radius 1 is 0.400 bits per heavy atom. The fourth-order valence-electron chi connectivity index (χ4n) is 2.36. The second-order valence-corrected chi connectivity index (χ2v) is 5.67. The Bertz CT molecular complexity index is 170. The summed E-state index contributed by atoms with van der Waals surface area (Å²) in [5, 5.41) is 0. The zero-order valence-corrected chi connectivity index (χ0v) is 13.2. The summed E-state index contributed by atoms with van der Waals surface area (Å²) in [4.78, 5) is 0. The van der Waals surface area contributed by atoms with Crippen LogP contribution in [0.2, 0.25) is 0 Å². The fourth-order valence-corrected chi connectivity index (χ4v) is 2.36. The molecule has 0 aliphatic carbocycles. The number of allylic oxidation sites excluding steroid dienone is 2. The number of hydrogen-bond acceptors (Lipinski definition) is 0. The highest BCUT2D eigenvalue weighted by Crippen LogP contribution is 2.10. The van der Waals surface area contributed by atoms with Crippen molar-refractivity contribution in [3.05, 3.63) is 12.2 Å². The Labute approximate surface area is 125 Å². The van der Waals surface area contributed by atoms with E-state index in [-0.39, 0.29) is 13.3 Å². The molecule has 0 aliphatic rings. The monoisotopic (exact) mass is 288 g/mol. The standard InChI is InChI=1S/C18H34F2/c19-17-15-13-11-9-7-5-3-1-2-4-6-8-10-12-14-16-18-20/h1-2H,3-18H2. The summed E-state index contributed by atoms with van der Waals surface area (Å²) in [6.45, 7) is -0.308. The van der Waals surface area contributed by atoms with E-state index in [4.69, 9.17) is 0 Å². The van der Waals surface area contributed by atoms with Crippen LogP contribution in [0.15, 0.2) is 12.2 Å². The maximum absolute atomic E-state index is 11.8. The van der Waals surface area contributed by atoms with Gasteiger partial charge in [-0.25, -0.2) is 0 Å². The van der Waals surface area contributed by atoms with Crippen molar-refractivity contribution >= 4 is 0 Å². The SMILES string of the molecule is FCCCCCCCCC=CCCCCCCCCF. The third-order valence-corrected chi connectivity index (χ3v) is 3.68. The minimum atomic E-state index is -0.154. The average Bonchev–Trinajstić information content (AvgIpc) is 2.47. The molecule has 0 aromatic rings. The van der Waals surface area contributed by atoms with Gasteiger partial charge >= 0.3 is 0 Å². The van der Waals surface area contributed by atoms with E-state index in [1.165, 1.54) is 64.2 Å². The van der Waals surface area contributed by atoms with Crippen molar-refractivity contribution in [1.82, 2.24) is 0 Å². The van der Waals surface area contributed by atoms with Crippen LogP contribution in [0, 0.1) is 0 Å². The zero-order valence-electron chi connectivity index (χ0n) is 13.2. The van der Waals surface area contributed by atoms with Gasteiger partial charge in [-0.3, -0.25) is 8.78 Å². The van der Waals surface area contributed by atoms with E-state index in [9.17, 15) is 8.78 Å². The van der Waals surface area contributed by atoms with Crippen LogP contribution in [-0.2, 0) is 0 Å². The maximum Gasteiger partial charge on any atom is 0.0894 e. The molecule has 0 radical (unpaired) electrons. The van der Waals surface area contributed by atoms with Gasteiger partial charge in [0.05, 0.1) is 13.3 Å². The van der Waals surface area contributed by atoms with Gasteiger partial charge < -0.3 is 0 Å². The lowest BCUT2D eigenvalue weighted by atomic mass is 10.1. The van der Waals surface area contributed by atoms with E-state index >= 15 is 0 Å². The number of hydrogen-bond donors (Lipinski definition) is 0. The molecule has 0 amide bonds. The summed E-state index contributed by atoms with van der Waals surface area (Å²) in [6.07, 6.45) is 20.6. The molecular formula is C18H34F2. The zero-order chi connectivity index (χ0) is 14.7. The molecule has 2 heteroatoms. The molecule has 0 bridgehead atoms. The van der Waals surface area contributed by atoms with Crippen LogP contribution in [-0.4, -0.2) is 13.3 Å². The van der Waals surface area contributed by atoms with Gasteiger partial charge in [-0.1, -0.05) is 63.5 Å². The molecule has 0 nitrogen and oxygen atoms in total. The summed E-state index contributed by atoms with van der Waals surface area (Å²) in [5.41, 5.74) is 0. The van der Waals surface area contributed by atoms with E-state index < -0.39 is 0 Å². The highest BCUT2D eigenvalue weighted by Gasteiger charge is 1.91. The Balaban J connectivity index is 3.01. The molecule has 0 heterocycles. The summed E-state index contributed by atoms with van der Waals surface area (Å²) in [5.74, 6) is 0. The minimum Gasteiger partial charge on any atom is -0.251 e. The molecule has 120 valence electrons. The Morgan fingerprint density at radius 3 is 1.05 bits per heavy atom. The van der Waals surface area contributed by atoms with Crippen molar-refractivity contribution < 1.29 is 8.78 Å². The van der Waals surface area contributed by atoms with Crippen LogP contribution < -0.4 is 0 Å². The molecule has 0 aromatic heterocycles. The summed E-state index contributed by atoms with van der Waals surface area (Å²) in [6, 6.07) is 0. The number of unbranched alkanes of at least 4 members (excludes halogenated alkanes) is 12. The molecule has 0 spiro atoms. The van der Waals surface area contributed by atoms with Crippen molar-refractivity contribution in [1.29, 1.82) is 0 Å². The van der Waals surface area contributed by atoms with Gasteiger partial charge in [-0.2, -0.15) is 0 Å². The van der Waals surface area contributed by atoms with Gasteiger partial charge in [-0.15, -0.1) is 0 Å². The van der Waals surface area contributed by atoms with E-state index in [0.717, 1.165) is 25.7 Å². The molecule has 0 saturated carbocycles. The number of alkyl halides is 2. The molecule has 0 rings (SSSR count). The molecule has 0 aliphatic heterocycles. The lowest BCUT2D eigenvalue weighted by molar-refractivity contribution is 0.450. The lowest BCUT2D eigenvalue weighted by Crippen LogP contribution is -1.81. The third-order valence-electron chi connectivity index (χ3n) is 3.68. The average molecular weight is 288 g/mol. The quantitative estimate of drug-likeness (QED) is 0.213. The maximum atomic E-state index is 11.8. The summed E-state index contributed by atoms with van der Waals surface area (Å²) in [7, 11) is 0. The number of halogens is 2. The van der Waals surface area contributed by atoms with Crippen LogP contribution in [0.1, 0.15) is 89.9 Å². The van der Waals surface area contributed by atoms with Crippen molar-refractivity contribution in [3.8, 4) is 0 Å². The van der Waals surface area contributed by atoms with E-state index in [1.54, 1.807) is 0 Å². The van der Waals surface area contributed by atoms with E-state index in [2.05, 4.69) is 12.2 Å². The summed E-state index contributed by atoms with van der Waals surface area (Å²) >= 11 is 0. The first-order valence-electron chi connectivity index (χ1n) is 8.68. The number of rotatable bonds is 16. The molecule has 0 atom stereocenters. The van der Waals surface area contributed by atoms with Gasteiger partial charge in [0.1, 0.15) is 0 Å². The highest BCUT2D eigenvalue weighted by molar-refractivity contribution is 4.81. The van der Waals surface area contributed by atoms with E-state index in [1.807, 2.05) is 0 Å². The highest BCUT2D eigenvalue weighted by atomic mass is 19.1. The predicted molar refractivity (Wildman–Crippen MR) is 85.7 cm³/mol. The Kier molecular flexibility index (Phi) is 18.2. The molecule has 0 N–H and O–H groups in total. The van der Waals surface area contributed by atoms with Crippen LogP contribution in [0.5, 0.6) is 0 Å². The first kappa shape index (κ1) is 19.6. The largest absolute Gasteiger partial charge is 0.251 e. The van der Waals surface area contributed by atoms with Gasteiger partial charge in [0, 0.05) is 0 Å². The van der Waals surface area contributed by atoms with Crippen molar-refractivity contribution in [2.45, 2.75) is 89.9 Å². The van der Waals surface area contributed by atoms with Crippen molar-refractivity contribution in [3.63, 3.8) is 0 Å². The second-order valence-electron chi connectivity index (χ2n) is 5.67. The van der Waals surface area contributed by atoms with Crippen LogP contribution >= 0.6 is 0 Å². The lowest BCUT2D eigenvalue weighted by Gasteiger charge is -1.99. The molecule has 0 fully saturated rings. The van der Waals surface area contributed by atoms with Gasteiger partial charge in [0.2, 0.25) is 0 Å². The van der Waals surface area contributed by atoms with Crippen molar-refractivity contribution in [2.24, 2.45) is 0 Å². The first-order chi connectivity index (χ1) is 9.91. The molecule has 0 saturated heterocycles. The fraction of sp³-hybridized carbons (Fsp3) is 0.889. The van der Waals surface area contributed by atoms with Crippen LogP contribution in [0.4, 0.5) is 8.78 Å². The van der Waals surface area contributed by atoms with Gasteiger partial charge in [0.15, 0.2) is 0 Å². The molecule has 20 heavy (non-hydrogen) atoms. The van der Waals surface area contributed by atoms with Crippen molar-refractivity contribution in [2.75, 3.05) is 13.3 Å². The predicted octanol–water partition coefficient (Wildman–Crippen LogP) is 6.94.